The molecule has 7 heteroatoms. The van der Waals surface area contributed by atoms with Crippen molar-refractivity contribution < 1.29 is 4.79 Å². The largest absolute Gasteiger partial charge is 0.347 e. The van der Waals surface area contributed by atoms with E-state index in [4.69, 9.17) is 33.9 Å². The fourth-order valence-electron chi connectivity index (χ4n) is 4.48. The molecule has 0 radical (unpaired) electrons. The van der Waals surface area contributed by atoms with Crippen molar-refractivity contribution in [3.05, 3.63) is 80.4 Å². The predicted octanol–water partition coefficient (Wildman–Crippen LogP) is 7.40. The van der Waals surface area contributed by atoms with Crippen molar-refractivity contribution in [2.24, 2.45) is 10.7 Å². The maximum Gasteiger partial charge on any atom is 0.231 e. The lowest BCUT2D eigenvalue weighted by molar-refractivity contribution is -0.124. The number of amides is 1. The van der Waals surface area contributed by atoms with Gasteiger partial charge in [-0.1, -0.05) is 77.8 Å². The highest BCUT2D eigenvalue weighted by Crippen LogP contribution is 2.51. The summed E-state index contributed by atoms with van der Waals surface area (Å²) in [6, 6.07) is 13.2. The molecule has 0 aliphatic heterocycles. The Labute approximate surface area is 227 Å². The van der Waals surface area contributed by atoms with Gasteiger partial charge in [-0.2, -0.15) is 0 Å². The van der Waals surface area contributed by atoms with E-state index >= 15 is 0 Å². The van der Waals surface area contributed by atoms with Crippen LogP contribution in [0.25, 0.3) is 0 Å². The van der Waals surface area contributed by atoms with E-state index in [9.17, 15) is 4.79 Å². The zero-order valence-corrected chi connectivity index (χ0v) is 23.5. The van der Waals surface area contributed by atoms with Crippen LogP contribution in [0, 0.1) is 0 Å². The third-order valence-electron chi connectivity index (χ3n) is 6.53. The summed E-state index contributed by atoms with van der Waals surface area (Å²) in [5, 5.41) is 4.32. The highest BCUT2D eigenvalue weighted by Gasteiger charge is 2.52. The van der Waals surface area contributed by atoms with E-state index in [0.29, 0.717) is 22.2 Å². The first-order valence-corrected chi connectivity index (χ1v) is 13.8. The number of carbonyl (C=O) groups excluding carboxylic acids is 1. The van der Waals surface area contributed by atoms with E-state index in [1.807, 2.05) is 44.2 Å². The molecule has 4 nitrogen and oxygen atoms in total. The molecule has 0 spiro atoms. The molecule has 4 rings (SSSR count). The van der Waals surface area contributed by atoms with Crippen LogP contribution in [0.4, 0.5) is 0 Å². The average molecular weight is 579 g/mol. The van der Waals surface area contributed by atoms with Crippen LogP contribution < -0.4 is 11.1 Å². The number of nitrogens with zero attached hydrogens (tertiary/aromatic N) is 1. The molecule has 2 aliphatic carbocycles. The van der Waals surface area contributed by atoms with Crippen LogP contribution in [0.1, 0.15) is 63.5 Å². The predicted molar refractivity (Wildman–Crippen MR) is 152 cm³/mol. The molecule has 2 aliphatic rings. The average Bonchev–Trinajstić information content (AvgIpc) is 3.63. The quantitative estimate of drug-likeness (QED) is 0.359. The van der Waals surface area contributed by atoms with Crippen LogP contribution in [0.15, 0.2) is 64.2 Å². The van der Waals surface area contributed by atoms with Gasteiger partial charge in [0.2, 0.25) is 5.91 Å². The lowest BCUT2D eigenvalue weighted by atomic mass is 9.93. The molecule has 3 N–H and O–H groups in total. The minimum Gasteiger partial charge on any atom is -0.347 e. The summed E-state index contributed by atoms with van der Waals surface area (Å²) in [7, 11) is 0. The van der Waals surface area contributed by atoms with Crippen molar-refractivity contribution in [1.29, 1.82) is 0 Å². The lowest BCUT2D eigenvalue weighted by Crippen LogP contribution is -2.43. The van der Waals surface area contributed by atoms with Crippen LogP contribution >= 0.6 is 39.1 Å². The zero-order chi connectivity index (χ0) is 25.6. The van der Waals surface area contributed by atoms with Gasteiger partial charge in [-0.15, -0.1) is 0 Å². The Hall–Kier alpha value is -1.66. The fraction of sp³-hybridized carbons (Fsp3) is 0.429. The van der Waals surface area contributed by atoms with Gasteiger partial charge in [0, 0.05) is 32.7 Å². The van der Waals surface area contributed by atoms with E-state index in [1.54, 1.807) is 12.1 Å². The summed E-state index contributed by atoms with van der Waals surface area (Å²) in [6.45, 7) is 8.25. The van der Waals surface area contributed by atoms with Gasteiger partial charge in [0.1, 0.15) is 0 Å². The van der Waals surface area contributed by atoms with Crippen molar-refractivity contribution in [3.63, 3.8) is 0 Å². The van der Waals surface area contributed by atoms with Crippen molar-refractivity contribution in [2.45, 2.75) is 76.3 Å². The van der Waals surface area contributed by atoms with Gasteiger partial charge >= 0.3 is 0 Å². The van der Waals surface area contributed by atoms with Gasteiger partial charge < -0.3 is 11.1 Å². The standard InChI is InChI=1S/C26H28BrCl2N3O.C2H6/c1-16(31-21-4-2-3-20(30)15-21)24(13-17-5-7-18(27)8-6-17)32-25(33)26(11-12-26)22-10-9-19(28)14-23(22)29;1-2/h5-10,14,20,24H,1-4,11-13,15,30H2,(H,32,33);1-2H3/t20?,24-;/m0./s1. The van der Waals surface area contributed by atoms with Crippen LogP contribution in [0.2, 0.25) is 10.0 Å². The van der Waals surface area contributed by atoms with Gasteiger partial charge in [-0.25, -0.2) is 0 Å². The highest BCUT2D eigenvalue weighted by molar-refractivity contribution is 9.10. The molecule has 2 saturated carbocycles. The topological polar surface area (TPSA) is 67.5 Å². The molecule has 2 atom stereocenters. The number of hydrogen-bond donors (Lipinski definition) is 2. The molecule has 188 valence electrons. The lowest BCUT2D eigenvalue weighted by Gasteiger charge is -2.25. The van der Waals surface area contributed by atoms with E-state index in [0.717, 1.165) is 59.8 Å². The molecule has 0 aromatic heterocycles. The number of rotatable bonds is 7. The van der Waals surface area contributed by atoms with Gasteiger partial charge in [-0.3, -0.25) is 9.79 Å². The van der Waals surface area contributed by atoms with Gasteiger partial charge in [0.25, 0.3) is 0 Å². The highest BCUT2D eigenvalue weighted by atomic mass is 79.9. The van der Waals surface area contributed by atoms with Gasteiger partial charge in [0.15, 0.2) is 0 Å². The Balaban J connectivity index is 0.00000167. The summed E-state index contributed by atoms with van der Waals surface area (Å²) in [4.78, 5) is 18.4. The number of halogens is 3. The van der Waals surface area contributed by atoms with E-state index in [2.05, 4.69) is 27.8 Å². The third-order valence-corrected chi connectivity index (χ3v) is 7.61. The minimum atomic E-state index is -0.625. The first-order valence-electron chi connectivity index (χ1n) is 12.3. The van der Waals surface area contributed by atoms with Gasteiger partial charge in [-0.05, 0) is 73.9 Å². The summed E-state index contributed by atoms with van der Waals surface area (Å²) >= 11 is 16.0. The summed E-state index contributed by atoms with van der Waals surface area (Å²) in [6.07, 6.45) is 5.87. The summed E-state index contributed by atoms with van der Waals surface area (Å²) < 4.78 is 1.01. The van der Waals surface area contributed by atoms with Crippen molar-refractivity contribution in [3.8, 4) is 0 Å². The van der Waals surface area contributed by atoms with E-state index in [1.165, 1.54) is 0 Å². The number of carbonyl (C=O) groups is 1. The molecule has 2 aromatic rings. The maximum atomic E-state index is 13.5. The Morgan fingerprint density at radius 1 is 1.23 bits per heavy atom. The smallest absolute Gasteiger partial charge is 0.231 e. The fourth-order valence-corrected chi connectivity index (χ4v) is 5.34. The number of hydrogen-bond acceptors (Lipinski definition) is 3. The molecule has 0 heterocycles. The molecular formula is C28H34BrCl2N3O. The summed E-state index contributed by atoms with van der Waals surface area (Å²) in [5.41, 5.74) is 9.16. The second-order valence-electron chi connectivity index (χ2n) is 9.09. The van der Waals surface area contributed by atoms with Crippen LogP contribution in [0.5, 0.6) is 0 Å². The Morgan fingerprint density at radius 3 is 2.51 bits per heavy atom. The van der Waals surface area contributed by atoms with Gasteiger partial charge in [0.05, 0.1) is 17.2 Å². The minimum absolute atomic E-state index is 0.0458. The SMILES string of the molecule is C=C(N=C1CCCC(N)C1)[C@H](Cc1ccc(Br)cc1)NC(=O)C1(c2ccc(Cl)cc2Cl)CC1.CC. The summed E-state index contributed by atoms with van der Waals surface area (Å²) in [5.74, 6) is -0.0458. The molecule has 1 amide bonds. The number of aliphatic imine (C=N–C) groups is 1. The second kappa shape index (κ2) is 12.5. The van der Waals surface area contributed by atoms with E-state index < -0.39 is 5.41 Å². The van der Waals surface area contributed by atoms with Crippen molar-refractivity contribution >= 4 is 50.8 Å². The molecule has 0 bridgehead atoms. The number of nitrogens with one attached hydrogen (secondary N) is 1. The Kier molecular flexibility index (Phi) is 10.00. The second-order valence-corrected chi connectivity index (χ2v) is 10.8. The van der Waals surface area contributed by atoms with Crippen molar-refractivity contribution in [2.75, 3.05) is 0 Å². The van der Waals surface area contributed by atoms with Crippen molar-refractivity contribution in [1.82, 2.24) is 5.32 Å². The zero-order valence-electron chi connectivity index (χ0n) is 20.4. The first-order chi connectivity index (χ1) is 16.8. The first kappa shape index (κ1) is 27.9. The molecule has 0 saturated heterocycles. The molecule has 2 fully saturated rings. The van der Waals surface area contributed by atoms with Crippen LogP contribution in [-0.2, 0) is 16.6 Å². The number of benzene rings is 2. The Bertz CT molecular complexity index is 1080. The van der Waals surface area contributed by atoms with Crippen LogP contribution in [-0.4, -0.2) is 23.7 Å². The number of nitrogens with two attached hydrogens (primary N) is 1. The molecule has 1 unspecified atom stereocenters. The molecule has 35 heavy (non-hydrogen) atoms. The normalized spacial score (nSPS) is 20.4. The van der Waals surface area contributed by atoms with Crippen LogP contribution in [0.3, 0.4) is 0 Å². The van der Waals surface area contributed by atoms with E-state index in [-0.39, 0.29) is 18.0 Å². The maximum absolute atomic E-state index is 13.5. The third kappa shape index (κ3) is 7.19. The molecule has 2 aromatic carbocycles. The Morgan fingerprint density at radius 2 is 1.91 bits per heavy atom. The molecular weight excluding hydrogens is 545 g/mol. The monoisotopic (exact) mass is 577 g/mol.